The Labute approximate surface area is 97.2 Å². The summed E-state index contributed by atoms with van der Waals surface area (Å²) in [6, 6.07) is 8.44. The summed E-state index contributed by atoms with van der Waals surface area (Å²) >= 11 is 1.47. The zero-order valence-corrected chi connectivity index (χ0v) is 9.66. The highest BCUT2D eigenvalue weighted by Crippen LogP contribution is 2.26. The molecule has 0 saturated heterocycles. The summed E-state index contributed by atoms with van der Waals surface area (Å²) in [5, 5.41) is 3.84. The monoisotopic (exact) mass is 229 g/mol. The normalized spacial score (nSPS) is 11.1. The summed E-state index contributed by atoms with van der Waals surface area (Å²) in [6.07, 6.45) is 2.06. The number of aromatic nitrogens is 2. The van der Waals surface area contributed by atoms with Crippen LogP contribution in [0.5, 0.6) is 0 Å². The van der Waals surface area contributed by atoms with Crippen LogP contribution in [-0.4, -0.2) is 9.55 Å². The van der Waals surface area contributed by atoms with E-state index in [9.17, 15) is 0 Å². The Morgan fingerprint density at radius 3 is 2.94 bits per heavy atom. The Morgan fingerprint density at radius 2 is 2.19 bits per heavy atom. The molecule has 80 valence electrons. The number of rotatable bonds is 1. The van der Waals surface area contributed by atoms with Crippen LogP contribution >= 0.6 is 11.3 Å². The lowest BCUT2D eigenvalue weighted by molar-refractivity contribution is 0.969. The maximum absolute atomic E-state index is 5.64. The molecule has 3 aromatic rings. The number of benzene rings is 1. The number of hydrogen-bond acceptors (Lipinski definition) is 3. The van der Waals surface area contributed by atoms with Gasteiger partial charge in [0, 0.05) is 29.7 Å². The second-order valence-corrected chi connectivity index (χ2v) is 4.66. The van der Waals surface area contributed by atoms with Gasteiger partial charge in [-0.2, -0.15) is 0 Å². The maximum atomic E-state index is 5.64. The summed E-state index contributed by atoms with van der Waals surface area (Å²) < 4.78 is 2.11. The number of nitrogen functional groups attached to an aromatic ring is 1. The molecule has 0 unspecified atom stereocenters. The van der Waals surface area contributed by atoms with Crippen molar-refractivity contribution >= 4 is 27.4 Å². The third-order valence-corrected chi connectivity index (χ3v) is 3.38. The van der Waals surface area contributed by atoms with E-state index < -0.39 is 0 Å². The molecule has 3 rings (SSSR count). The Hall–Kier alpha value is -1.81. The first-order valence-corrected chi connectivity index (χ1v) is 5.88. The second-order valence-electron chi connectivity index (χ2n) is 3.77. The minimum atomic E-state index is 0.613. The fraction of sp³-hybridized carbons (Fsp3) is 0.0833. The van der Waals surface area contributed by atoms with Crippen LogP contribution in [0.1, 0.15) is 0 Å². The van der Waals surface area contributed by atoms with Crippen molar-refractivity contribution in [2.45, 2.75) is 0 Å². The minimum absolute atomic E-state index is 0.613. The number of anilines is 1. The molecule has 0 spiro atoms. The zero-order valence-electron chi connectivity index (χ0n) is 8.84. The quantitative estimate of drug-likeness (QED) is 0.697. The minimum Gasteiger partial charge on any atom is -0.375 e. The summed E-state index contributed by atoms with van der Waals surface area (Å²) in [6.45, 7) is 0. The van der Waals surface area contributed by atoms with Crippen molar-refractivity contribution < 1.29 is 0 Å². The van der Waals surface area contributed by atoms with Gasteiger partial charge < -0.3 is 10.3 Å². The van der Waals surface area contributed by atoms with E-state index in [1.54, 1.807) is 0 Å². The fourth-order valence-electron chi connectivity index (χ4n) is 1.84. The van der Waals surface area contributed by atoms with E-state index in [1.807, 2.05) is 12.4 Å². The molecule has 16 heavy (non-hydrogen) atoms. The van der Waals surface area contributed by atoms with E-state index in [-0.39, 0.29) is 0 Å². The van der Waals surface area contributed by atoms with E-state index in [4.69, 9.17) is 5.73 Å². The highest BCUT2D eigenvalue weighted by molar-refractivity contribution is 7.13. The Morgan fingerprint density at radius 1 is 1.31 bits per heavy atom. The van der Waals surface area contributed by atoms with Gasteiger partial charge in [0.05, 0.1) is 5.69 Å². The van der Waals surface area contributed by atoms with E-state index >= 15 is 0 Å². The smallest absolute Gasteiger partial charge is 0.180 e. The molecule has 2 N–H and O–H groups in total. The van der Waals surface area contributed by atoms with Crippen LogP contribution in [0.4, 0.5) is 5.13 Å². The van der Waals surface area contributed by atoms with E-state index in [1.165, 1.54) is 22.2 Å². The molecule has 0 atom stereocenters. The van der Waals surface area contributed by atoms with Gasteiger partial charge in [-0.15, -0.1) is 11.3 Å². The van der Waals surface area contributed by atoms with Gasteiger partial charge in [0.25, 0.3) is 0 Å². The molecule has 2 aromatic heterocycles. The summed E-state index contributed by atoms with van der Waals surface area (Å²) in [5.41, 5.74) is 8.92. The molecule has 0 bridgehead atoms. The van der Waals surface area contributed by atoms with Crippen molar-refractivity contribution in [1.82, 2.24) is 9.55 Å². The third-order valence-electron chi connectivity index (χ3n) is 2.71. The predicted molar refractivity (Wildman–Crippen MR) is 68.4 cm³/mol. The number of thiazole rings is 1. The van der Waals surface area contributed by atoms with Crippen molar-refractivity contribution in [3.05, 3.63) is 35.8 Å². The molecule has 0 aliphatic heterocycles. The van der Waals surface area contributed by atoms with Crippen molar-refractivity contribution in [2.24, 2.45) is 7.05 Å². The van der Waals surface area contributed by atoms with Gasteiger partial charge in [0.2, 0.25) is 0 Å². The lowest BCUT2D eigenvalue weighted by atomic mass is 10.1. The van der Waals surface area contributed by atoms with E-state index in [0.717, 1.165) is 11.3 Å². The molecule has 4 heteroatoms. The first-order valence-electron chi connectivity index (χ1n) is 5.00. The molecular weight excluding hydrogens is 218 g/mol. The number of fused-ring (bicyclic) bond motifs is 1. The van der Waals surface area contributed by atoms with Crippen molar-refractivity contribution in [2.75, 3.05) is 5.73 Å². The van der Waals surface area contributed by atoms with Crippen LogP contribution in [0.2, 0.25) is 0 Å². The van der Waals surface area contributed by atoms with Gasteiger partial charge >= 0.3 is 0 Å². The zero-order chi connectivity index (χ0) is 11.1. The lowest BCUT2D eigenvalue weighted by Crippen LogP contribution is -1.86. The number of nitrogens with two attached hydrogens (primary N) is 1. The number of aryl methyl sites for hydroxylation is 1. The average molecular weight is 229 g/mol. The van der Waals surface area contributed by atoms with Crippen LogP contribution in [0, 0.1) is 0 Å². The van der Waals surface area contributed by atoms with Gasteiger partial charge in [0.1, 0.15) is 0 Å². The van der Waals surface area contributed by atoms with Crippen LogP contribution in [0.25, 0.3) is 22.2 Å². The fourth-order valence-corrected chi connectivity index (χ4v) is 2.41. The molecule has 0 amide bonds. The van der Waals surface area contributed by atoms with Crippen LogP contribution in [0.15, 0.2) is 35.8 Å². The van der Waals surface area contributed by atoms with Crippen molar-refractivity contribution in [3.63, 3.8) is 0 Å². The Bertz CT molecular complexity index is 651. The molecule has 0 aliphatic rings. The van der Waals surface area contributed by atoms with Gasteiger partial charge in [-0.1, -0.05) is 12.1 Å². The largest absolute Gasteiger partial charge is 0.375 e. The number of nitrogens with zero attached hydrogens (tertiary/aromatic N) is 2. The van der Waals surface area contributed by atoms with E-state index in [0.29, 0.717) is 5.13 Å². The van der Waals surface area contributed by atoms with E-state index in [2.05, 4.69) is 40.0 Å². The van der Waals surface area contributed by atoms with Crippen molar-refractivity contribution in [1.29, 1.82) is 0 Å². The summed E-state index contributed by atoms with van der Waals surface area (Å²) in [7, 11) is 2.04. The third kappa shape index (κ3) is 1.39. The predicted octanol–water partition coefficient (Wildman–Crippen LogP) is 2.88. The Balaban J connectivity index is 2.21. The maximum Gasteiger partial charge on any atom is 0.180 e. The highest BCUT2D eigenvalue weighted by Gasteiger charge is 2.04. The van der Waals surface area contributed by atoms with Crippen LogP contribution in [0.3, 0.4) is 0 Å². The molecule has 0 fully saturated rings. The van der Waals surface area contributed by atoms with Gasteiger partial charge in [0.15, 0.2) is 5.13 Å². The van der Waals surface area contributed by atoms with Crippen molar-refractivity contribution in [3.8, 4) is 11.3 Å². The molecule has 0 aliphatic carbocycles. The Kier molecular flexibility index (Phi) is 1.97. The van der Waals surface area contributed by atoms with Crippen LogP contribution in [-0.2, 0) is 7.05 Å². The number of hydrogen-bond donors (Lipinski definition) is 1. The lowest BCUT2D eigenvalue weighted by Gasteiger charge is -1.99. The van der Waals surface area contributed by atoms with Gasteiger partial charge in [-0.25, -0.2) is 4.98 Å². The SMILES string of the molecule is Cn1ccc2ccc(-c3csc(N)n3)cc21. The molecule has 0 radical (unpaired) electrons. The molecule has 2 heterocycles. The standard InChI is InChI=1S/C12H11N3S/c1-15-5-4-8-2-3-9(6-11(8)15)10-7-16-12(13)14-10/h2-7H,1H3,(H2,13,14). The first kappa shape index (κ1) is 9.42. The molecule has 1 aromatic carbocycles. The summed E-state index contributed by atoms with van der Waals surface area (Å²) in [4.78, 5) is 4.29. The van der Waals surface area contributed by atoms with Gasteiger partial charge in [-0.3, -0.25) is 0 Å². The summed E-state index contributed by atoms with van der Waals surface area (Å²) in [5.74, 6) is 0. The average Bonchev–Trinajstić information content (AvgIpc) is 2.86. The second kappa shape index (κ2) is 3.35. The molecular formula is C12H11N3S. The highest BCUT2D eigenvalue weighted by atomic mass is 32.1. The first-order chi connectivity index (χ1) is 7.74. The molecule has 3 nitrogen and oxygen atoms in total. The van der Waals surface area contributed by atoms with Crippen LogP contribution < -0.4 is 5.73 Å². The molecule has 0 saturated carbocycles. The topological polar surface area (TPSA) is 43.8 Å². The van der Waals surface area contributed by atoms with Gasteiger partial charge in [-0.05, 0) is 17.5 Å².